The first-order valence-electron chi connectivity index (χ1n) is 10.5. The molecule has 6 nitrogen and oxygen atoms in total. The summed E-state index contributed by atoms with van der Waals surface area (Å²) in [5.41, 5.74) is 3.03. The van der Waals surface area contributed by atoms with Crippen LogP contribution in [0.4, 0.5) is 19.0 Å². The van der Waals surface area contributed by atoms with Gasteiger partial charge in [-0.2, -0.15) is 23.4 Å². The van der Waals surface area contributed by atoms with Crippen molar-refractivity contribution >= 4 is 11.7 Å². The van der Waals surface area contributed by atoms with Crippen LogP contribution in [0.1, 0.15) is 48.5 Å². The molecule has 172 valence electrons. The monoisotopic (exact) mass is 447 g/mol. The van der Waals surface area contributed by atoms with Crippen LogP contribution in [0.15, 0.2) is 30.3 Å². The summed E-state index contributed by atoms with van der Waals surface area (Å²) < 4.78 is 42.6. The summed E-state index contributed by atoms with van der Waals surface area (Å²) in [6.07, 6.45) is -3.71. The fourth-order valence-corrected chi connectivity index (χ4v) is 3.66. The lowest BCUT2D eigenvalue weighted by Gasteiger charge is -2.12. The molecule has 0 saturated heterocycles. The Bertz CT molecular complexity index is 1110. The van der Waals surface area contributed by atoms with E-state index >= 15 is 0 Å². The van der Waals surface area contributed by atoms with Crippen molar-refractivity contribution in [1.82, 2.24) is 19.6 Å². The zero-order valence-electron chi connectivity index (χ0n) is 18.9. The van der Waals surface area contributed by atoms with E-state index in [1.165, 1.54) is 16.8 Å². The largest absolute Gasteiger partial charge is 0.416 e. The number of hydrogen-bond donors (Lipinski definition) is 1. The quantitative estimate of drug-likeness (QED) is 0.539. The number of rotatable bonds is 7. The number of amides is 1. The zero-order valence-corrected chi connectivity index (χ0v) is 18.9. The average molecular weight is 448 g/mol. The smallest absolute Gasteiger partial charge is 0.311 e. The van der Waals surface area contributed by atoms with Crippen molar-refractivity contribution in [3.8, 4) is 5.69 Å². The van der Waals surface area contributed by atoms with Gasteiger partial charge in [0.05, 0.1) is 22.6 Å². The molecule has 9 heteroatoms. The fourth-order valence-electron chi connectivity index (χ4n) is 3.66. The van der Waals surface area contributed by atoms with E-state index in [-0.39, 0.29) is 18.0 Å². The van der Waals surface area contributed by atoms with Crippen molar-refractivity contribution < 1.29 is 18.0 Å². The van der Waals surface area contributed by atoms with Gasteiger partial charge in [-0.15, -0.1) is 0 Å². The van der Waals surface area contributed by atoms with E-state index in [4.69, 9.17) is 0 Å². The van der Waals surface area contributed by atoms with Crippen LogP contribution in [0.5, 0.6) is 0 Å². The molecule has 0 aliphatic heterocycles. The Kier molecular flexibility index (Phi) is 6.76. The predicted molar refractivity (Wildman–Crippen MR) is 117 cm³/mol. The number of benzene rings is 1. The van der Waals surface area contributed by atoms with Crippen LogP contribution in [0.3, 0.4) is 0 Å². The first-order valence-corrected chi connectivity index (χ1v) is 10.5. The van der Waals surface area contributed by atoms with E-state index in [1.807, 2.05) is 18.5 Å². The van der Waals surface area contributed by atoms with Crippen molar-refractivity contribution in [2.45, 2.75) is 60.2 Å². The van der Waals surface area contributed by atoms with Gasteiger partial charge >= 0.3 is 6.18 Å². The second-order valence-corrected chi connectivity index (χ2v) is 8.40. The van der Waals surface area contributed by atoms with Gasteiger partial charge in [0.25, 0.3) is 0 Å². The van der Waals surface area contributed by atoms with Crippen LogP contribution in [-0.2, 0) is 23.9 Å². The number of anilines is 1. The number of alkyl halides is 3. The maximum Gasteiger partial charge on any atom is 0.416 e. The van der Waals surface area contributed by atoms with Crippen molar-refractivity contribution in [1.29, 1.82) is 0 Å². The molecule has 0 atom stereocenters. The van der Waals surface area contributed by atoms with Gasteiger partial charge in [0.2, 0.25) is 5.91 Å². The molecule has 0 aliphatic rings. The lowest BCUT2D eigenvalue weighted by Crippen LogP contribution is -2.16. The molecule has 2 heterocycles. The molecule has 1 aromatic carbocycles. The lowest BCUT2D eigenvalue weighted by atomic mass is 10.1. The number of halogens is 3. The number of nitrogens with zero attached hydrogens (tertiary/aromatic N) is 4. The highest BCUT2D eigenvalue weighted by atomic mass is 19.4. The molecule has 0 bridgehead atoms. The standard InChI is InChI=1S/C23H28F3N5O/c1-14(2)13-30-17(5)20(16(4)29-30)9-10-22(32)27-21-11-15(3)28-31(21)19-8-6-7-18(12-19)23(24,25)26/h6-8,11-12,14H,9-10,13H2,1-5H3,(H,27,32). The Morgan fingerprint density at radius 3 is 2.50 bits per heavy atom. The molecule has 0 saturated carbocycles. The van der Waals surface area contributed by atoms with Crippen LogP contribution >= 0.6 is 0 Å². The van der Waals surface area contributed by atoms with Crippen molar-refractivity contribution in [2.24, 2.45) is 5.92 Å². The van der Waals surface area contributed by atoms with Crippen LogP contribution in [-0.4, -0.2) is 25.5 Å². The molecule has 3 rings (SSSR count). The minimum Gasteiger partial charge on any atom is -0.311 e. The summed E-state index contributed by atoms with van der Waals surface area (Å²) in [4.78, 5) is 12.7. The zero-order chi connectivity index (χ0) is 23.6. The van der Waals surface area contributed by atoms with Gasteiger partial charge in [-0.05, 0) is 56.9 Å². The summed E-state index contributed by atoms with van der Waals surface area (Å²) in [5.74, 6) is 0.549. The van der Waals surface area contributed by atoms with Crippen LogP contribution < -0.4 is 5.32 Å². The normalized spacial score (nSPS) is 11.9. The van der Waals surface area contributed by atoms with E-state index in [0.29, 0.717) is 23.9 Å². The highest BCUT2D eigenvalue weighted by molar-refractivity contribution is 5.90. The van der Waals surface area contributed by atoms with E-state index in [0.717, 1.165) is 35.6 Å². The Morgan fingerprint density at radius 1 is 1.12 bits per heavy atom. The Balaban J connectivity index is 1.75. The van der Waals surface area contributed by atoms with Gasteiger partial charge < -0.3 is 5.32 Å². The van der Waals surface area contributed by atoms with E-state index in [2.05, 4.69) is 29.4 Å². The fraction of sp³-hybridized carbons (Fsp3) is 0.435. The molecule has 3 aromatic rings. The van der Waals surface area contributed by atoms with Crippen molar-refractivity contribution in [3.63, 3.8) is 0 Å². The highest BCUT2D eigenvalue weighted by Gasteiger charge is 2.30. The van der Waals surface area contributed by atoms with Gasteiger partial charge in [-0.1, -0.05) is 19.9 Å². The second kappa shape index (κ2) is 9.18. The topological polar surface area (TPSA) is 64.7 Å². The van der Waals surface area contributed by atoms with E-state index in [1.54, 1.807) is 13.0 Å². The molecule has 0 spiro atoms. The van der Waals surface area contributed by atoms with Crippen molar-refractivity contribution in [3.05, 3.63) is 58.5 Å². The maximum absolute atomic E-state index is 13.1. The van der Waals surface area contributed by atoms with E-state index < -0.39 is 11.7 Å². The van der Waals surface area contributed by atoms with Crippen LogP contribution in [0.25, 0.3) is 5.69 Å². The number of carbonyl (C=O) groups is 1. The number of aromatic nitrogens is 4. The maximum atomic E-state index is 13.1. The minimum atomic E-state index is -4.46. The molecular weight excluding hydrogens is 419 g/mol. The molecule has 2 aromatic heterocycles. The van der Waals surface area contributed by atoms with Gasteiger partial charge in [0.15, 0.2) is 0 Å². The molecule has 1 amide bonds. The second-order valence-electron chi connectivity index (χ2n) is 8.40. The molecule has 0 aliphatic carbocycles. The van der Waals surface area contributed by atoms with Gasteiger partial charge in [-0.3, -0.25) is 9.48 Å². The Morgan fingerprint density at radius 2 is 1.84 bits per heavy atom. The van der Waals surface area contributed by atoms with Crippen LogP contribution in [0, 0.1) is 26.7 Å². The van der Waals surface area contributed by atoms with Gasteiger partial charge in [0.1, 0.15) is 5.82 Å². The Hall–Kier alpha value is -3.10. The first-order chi connectivity index (χ1) is 15.0. The molecule has 32 heavy (non-hydrogen) atoms. The number of carbonyl (C=O) groups excluding carboxylic acids is 1. The molecule has 0 radical (unpaired) electrons. The average Bonchev–Trinajstić information content (AvgIpc) is 3.18. The highest BCUT2D eigenvalue weighted by Crippen LogP contribution is 2.31. The minimum absolute atomic E-state index is 0.224. The summed E-state index contributed by atoms with van der Waals surface area (Å²) >= 11 is 0. The summed E-state index contributed by atoms with van der Waals surface area (Å²) in [7, 11) is 0. The van der Waals surface area contributed by atoms with Gasteiger partial charge in [0, 0.05) is 24.7 Å². The number of nitrogens with one attached hydrogen (secondary N) is 1. The molecular formula is C23H28F3N5O. The molecule has 1 N–H and O–H groups in total. The van der Waals surface area contributed by atoms with E-state index in [9.17, 15) is 18.0 Å². The molecule has 0 unspecified atom stereocenters. The van der Waals surface area contributed by atoms with Gasteiger partial charge in [-0.25, -0.2) is 4.68 Å². The lowest BCUT2D eigenvalue weighted by molar-refractivity contribution is -0.137. The first kappa shape index (κ1) is 23.6. The molecule has 0 fully saturated rings. The number of hydrogen-bond acceptors (Lipinski definition) is 3. The SMILES string of the molecule is Cc1cc(NC(=O)CCc2c(C)nn(CC(C)C)c2C)n(-c2cccc(C(F)(F)F)c2)n1. The van der Waals surface area contributed by atoms with Crippen LogP contribution in [0.2, 0.25) is 0 Å². The summed E-state index contributed by atoms with van der Waals surface area (Å²) in [5, 5.41) is 11.6. The number of aryl methyl sites for hydroxylation is 2. The summed E-state index contributed by atoms with van der Waals surface area (Å²) in [6.45, 7) is 10.7. The third kappa shape index (κ3) is 5.38. The summed E-state index contributed by atoms with van der Waals surface area (Å²) in [6, 6.07) is 6.49. The predicted octanol–water partition coefficient (Wildman–Crippen LogP) is 5.24. The Labute approximate surface area is 185 Å². The van der Waals surface area contributed by atoms with Crippen molar-refractivity contribution in [2.75, 3.05) is 5.32 Å². The third-order valence-corrected chi connectivity index (χ3v) is 5.19. The third-order valence-electron chi connectivity index (χ3n) is 5.19.